The van der Waals surface area contributed by atoms with Crippen LogP contribution in [-0.4, -0.2) is 12.2 Å². The zero-order valence-electron chi connectivity index (χ0n) is 11.2. The van der Waals surface area contributed by atoms with Crippen LogP contribution in [-0.2, 0) is 0 Å². The SMILES string of the molecule is CN/C(C)=C(/O)C1CC(C)=C(C)C(C)=C1C. The van der Waals surface area contributed by atoms with Crippen LogP contribution in [0.2, 0.25) is 0 Å². The highest BCUT2D eigenvalue weighted by molar-refractivity contribution is 5.42. The number of allylic oxidation sites excluding steroid dienone is 5. The molecule has 1 aliphatic rings. The zero-order chi connectivity index (χ0) is 12.5. The lowest BCUT2D eigenvalue weighted by atomic mass is 9.79. The predicted octanol–water partition coefficient (Wildman–Crippen LogP) is 3.69. The van der Waals surface area contributed by atoms with Crippen LogP contribution in [0.15, 0.2) is 33.7 Å². The molecule has 0 spiro atoms. The largest absolute Gasteiger partial charge is 0.510 e. The Labute approximate surface area is 98.8 Å². The molecule has 1 unspecified atom stereocenters. The molecule has 0 aromatic rings. The first-order valence-electron chi connectivity index (χ1n) is 5.81. The first kappa shape index (κ1) is 12.9. The molecular formula is C14H23NO. The van der Waals surface area contributed by atoms with Gasteiger partial charge in [-0.2, -0.15) is 0 Å². The highest BCUT2D eigenvalue weighted by atomic mass is 16.3. The Balaban J connectivity index is 3.15. The lowest BCUT2D eigenvalue weighted by molar-refractivity contribution is 0.334. The van der Waals surface area contributed by atoms with Crippen molar-refractivity contribution in [3.05, 3.63) is 33.7 Å². The van der Waals surface area contributed by atoms with Gasteiger partial charge in [0.2, 0.25) is 0 Å². The van der Waals surface area contributed by atoms with Gasteiger partial charge in [-0.05, 0) is 52.2 Å². The minimum absolute atomic E-state index is 0.149. The van der Waals surface area contributed by atoms with Crippen molar-refractivity contribution in [2.24, 2.45) is 5.92 Å². The van der Waals surface area contributed by atoms with Crippen molar-refractivity contribution in [1.29, 1.82) is 0 Å². The number of rotatable bonds is 2. The summed E-state index contributed by atoms with van der Waals surface area (Å²) in [6.45, 7) is 10.5. The molecule has 0 aromatic carbocycles. The van der Waals surface area contributed by atoms with Gasteiger partial charge in [0.25, 0.3) is 0 Å². The lowest BCUT2D eigenvalue weighted by Crippen LogP contribution is -2.18. The smallest absolute Gasteiger partial charge is 0.118 e. The predicted molar refractivity (Wildman–Crippen MR) is 69.2 cm³/mol. The standard InChI is InChI=1S/C14H23NO/c1-8-7-13(14(16)12(5)15-6)11(4)10(3)9(8)2/h13,15-16H,7H2,1-6H3/b14-12+. The van der Waals surface area contributed by atoms with Crippen molar-refractivity contribution >= 4 is 0 Å². The normalized spacial score (nSPS) is 23.5. The molecule has 2 heteroatoms. The Morgan fingerprint density at radius 3 is 2.25 bits per heavy atom. The summed E-state index contributed by atoms with van der Waals surface area (Å²) in [5.74, 6) is 0.627. The van der Waals surface area contributed by atoms with Gasteiger partial charge in [0, 0.05) is 18.7 Å². The molecule has 1 rings (SSSR count). The van der Waals surface area contributed by atoms with E-state index in [0.29, 0.717) is 5.76 Å². The zero-order valence-corrected chi connectivity index (χ0v) is 11.2. The Bertz CT molecular complexity index is 386. The van der Waals surface area contributed by atoms with Gasteiger partial charge in [0.15, 0.2) is 0 Å². The monoisotopic (exact) mass is 221 g/mol. The van der Waals surface area contributed by atoms with Gasteiger partial charge in [-0.3, -0.25) is 0 Å². The number of nitrogens with one attached hydrogen (secondary N) is 1. The van der Waals surface area contributed by atoms with E-state index in [1.807, 2.05) is 14.0 Å². The Morgan fingerprint density at radius 1 is 1.19 bits per heavy atom. The van der Waals surface area contributed by atoms with Gasteiger partial charge in [-0.15, -0.1) is 0 Å². The van der Waals surface area contributed by atoms with Crippen LogP contribution in [0.4, 0.5) is 0 Å². The molecule has 1 aliphatic carbocycles. The molecule has 0 saturated carbocycles. The van der Waals surface area contributed by atoms with Gasteiger partial charge in [-0.1, -0.05) is 11.1 Å². The van der Waals surface area contributed by atoms with Crippen molar-refractivity contribution in [1.82, 2.24) is 5.32 Å². The van der Waals surface area contributed by atoms with Crippen LogP contribution in [0.5, 0.6) is 0 Å². The topological polar surface area (TPSA) is 32.3 Å². The van der Waals surface area contributed by atoms with Crippen molar-refractivity contribution < 1.29 is 5.11 Å². The fourth-order valence-corrected chi connectivity index (χ4v) is 2.18. The van der Waals surface area contributed by atoms with Gasteiger partial charge in [0.1, 0.15) is 5.76 Å². The third-order valence-corrected chi connectivity index (χ3v) is 3.92. The van der Waals surface area contributed by atoms with E-state index in [-0.39, 0.29) is 5.92 Å². The molecule has 0 saturated heterocycles. The molecule has 0 aliphatic heterocycles. The lowest BCUT2D eigenvalue weighted by Gasteiger charge is -2.28. The van der Waals surface area contributed by atoms with Crippen LogP contribution in [0.1, 0.15) is 41.0 Å². The van der Waals surface area contributed by atoms with Gasteiger partial charge < -0.3 is 10.4 Å². The molecule has 2 nitrogen and oxygen atoms in total. The van der Waals surface area contributed by atoms with E-state index >= 15 is 0 Å². The van der Waals surface area contributed by atoms with Crippen molar-refractivity contribution in [2.75, 3.05) is 7.05 Å². The van der Waals surface area contributed by atoms with E-state index in [1.165, 1.54) is 22.3 Å². The van der Waals surface area contributed by atoms with Crippen LogP contribution in [0, 0.1) is 5.92 Å². The second-order valence-corrected chi connectivity index (χ2v) is 4.73. The molecule has 0 radical (unpaired) electrons. The van der Waals surface area contributed by atoms with Crippen LogP contribution in [0.3, 0.4) is 0 Å². The second-order valence-electron chi connectivity index (χ2n) is 4.73. The number of aliphatic hydroxyl groups excluding tert-OH is 1. The van der Waals surface area contributed by atoms with E-state index in [9.17, 15) is 5.11 Å². The van der Waals surface area contributed by atoms with Gasteiger partial charge in [0.05, 0.1) is 0 Å². The fraction of sp³-hybridized carbons (Fsp3) is 0.571. The minimum atomic E-state index is 0.149. The maximum Gasteiger partial charge on any atom is 0.118 e. The summed E-state index contributed by atoms with van der Waals surface area (Å²) < 4.78 is 0. The van der Waals surface area contributed by atoms with Crippen molar-refractivity contribution in [2.45, 2.75) is 41.0 Å². The second kappa shape index (κ2) is 4.77. The summed E-state index contributed by atoms with van der Waals surface area (Å²) in [5, 5.41) is 13.2. The fourth-order valence-electron chi connectivity index (χ4n) is 2.18. The minimum Gasteiger partial charge on any atom is -0.510 e. The van der Waals surface area contributed by atoms with Crippen molar-refractivity contribution in [3.63, 3.8) is 0 Å². The molecule has 2 N–H and O–H groups in total. The van der Waals surface area contributed by atoms with E-state index in [0.717, 1.165) is 12.1 Å². The number of hydrogen-bond donors (Lipinski definition) is 2. The highest BCUT2D eigenvalue weighted by Crippen LogP contribution is 2.37. The van der Waals surface area contributed by atoms with Crippen LogP contribution >= 0.6 is 0 Å². The van der Waals surface area contributed by atoms with Crippen LogP contribution in [0.25, 0.3) is 0 Å². The first-order chi connectivity index (χ1) is 7.40. The Morgan fingerprint density at radius 2 is 1.75 bits per heavy atom. The molecule has 0 fully saturated rings. The molecule has 1 atom stereocenters. The third-order valence-electron chi connectivity index (χ3n) is 3.92. The van der Waals surface area contributed by atoms with E-state index in [2.05, 4.69) is 33.0 Å². The third kappa shape index (κ3) is 2.16. The molecule has 0 amide bonds. The van der Waals surface area contributed by atoms with Gasteiger partial charge in [-0.25, -0.2) is 0 Å². The molecular weight excluding hydrogens is 198 g/mol. The maximum atomic E-state index is 10.2. The van der Waals surface area contributed by atoms with Crippen molar-refractivity contribution in [3.8, 4) is 0 Å². The van der Waals surface area contributed by atoms with E-state index in [4.69, 9.17) is 0 Å². The summed E-state index contributed by atoms with van der Waals surface area (Å²) >= 11 is 0. The molecule has 0 aromatic heterocycles. The average molecular weight is 221 g/mol. The molecule has 0 heterocycles. The summed E-state index contributed by atoms with van der Waals surface area (Å²) in [6.07, 6.45) is 0.930. The van der Waals surface area contributed by atoms with Gasteiger partial charge >= 0.3 is 0 Å². The summed E-state index contributed by atoms with van der Waals surface area (Å²) in [5.41, 5.74) is 6.23. The summed E-state index contributed by atoms with van der Waals surface area (Å²) in [6, 6.07) is 0. The average Bonchev–Trinajstić information content (AvgIpc) is 2.29. The quantitative estimate of drug-likeness (QED) is 0.697. The Hall–Kier alpha value is -1.18. The van der Waals surface area contributed by atoms with E-state index in [1.54, 1.807) is 0 Å². The van der Waals surface area contributed by atoms with Crippen LogP contribution < -0.4 is 5.32 Å². The summed E-state index contributed by atoms with van der Waals surface area (Å²) in [4.78, 5) is 0. The Kier molecular flexibility index (Phi) is 3.84. The van der Waals surface area contributed by atoms with E-state index < -0.39 is 0 Å². The first-order valence-corrected chi connectivity index (χ1v) is 5.81. The molecule has 16 heavy (non-hydrogen) atoms. The highest BCUT2D eigenvalue weighted by Gasteiger charge is 2.24. The summed E-state index contributed by atoms with van der Waals surface area (Å²) in [7, 11) is 1.84. The number of aliphatic hydroxyl groups is 1. The molecule has 90 valence electrons. The maximum absolute atomic E-state index is 10.2. The molecule has 0 bridgehead atoms. The number of hydrogen-bond acceptors (Lipinski definition) is 2.